The van der Waals surface area contributed by atoms with Crippen LogP contribution in [0.4, 0.5) is 4.39 Å². The molecule has 6 heteroatoms. The van der Waals surface area contributed by atoms with Crippen molar-refractivity contribution in [3.8, 4) is 0 Å². The van der Waals surface area contributed by atoms with Crippen LogP contribution in [0.15, 0.2) is 28.9 Å². The Hall–Kier alpha value is -1.27. The van der Waals surface area contributed by atoms with Gasteiger partial charge in [0.15, 0.2) is 0 Å². The number of rotatable bonds is 3. The van der Waals surface area contributed by atoms with Crippen LogP contribution in [0.5, 0.6) is 0 Å². The van der Waals surface area contributed by atoms with Gasteiger partial charge in [-0.05, 0) is 25.1 Å². The fraction of sp³-hybridized carbons (Fsp3) is 0.167. The molecule has 1 amide bonds. The first-order valence-electron chi connectivity index (χ1n) is 5.21. The smallest absolute Gasteiger partial charge is 0.263 e. The van der Waals surface area contributed by atoms with Gasteiger partial charge < -0.3 is 5.32 Å². The summed E-state index contributed by atoms with van der Waals surface area (Å²) in [7, 11) is 0. The molecule has 0 saturated heterocycles. The van der Waals surface area contributed by atoms with Gasteiger partial charge in [0.2, 0.25) is 0 Å². The van der Waals surface area contributed by atoms with Crippen molar-refractivity contribution in [3.05, 3.63) is 50.1 Å². The minimum atomic E-state index is -0.334. The van der Waals surface area contributed by atoms with Crippen LogP contribution in [0.1, 0.15) is 20.2 Å². The fourth-order valence-electron chi connectivity index (χ4n) is 1.41. The zero-order valence-corrected chi connectivity index (χ0v) is 11.9. The molecule has 1 aromatic carbocycles. The summed E-state index contributed by atoms with van der Waals surface area (Å²) in [5, 5.41) is 3.49. The molecule has 0 fully saturated rings. The van der Waals surface area contributed by atoms with Gasteiger partial charge in [0.25, 0.3) is 5.91 Å². The second kappa shape index (κ2) is 5.58. The normalized spacial score (nSPS) is 10.4. The summed E-state index contributed by atoms with van der Waals surface area (Å²) < 4.78 is 14.2. The highest BCUT2D eigenvalue weighted by molar-refractivity contribution is 9.10. The summed E-state index contributed by atoms with van der Waals surface area (Å²) in [6.07, 6.45) is 1.52. The average Bonchev–Trinajstić information content (AvgIpc) is 2.77. The van der Waals surface area contributed by atoms with Crippen molar-refractivity contribution in [2.45, 2.75) is 13.5 Å². The average molecular weight is 329 g/mol. The number of halogens is 2. The van der Waals surface area contributed by atoms with Gasteiger partial charge in [-0.15, -0.1) is 11.3 Å². The predicted molar refractivity (Wildman–Crippen MR) is 72.1 cm³/mol. The monoisotopic (exact) mass is 328 g/mol. The Labute approximate surface area is 116 Å². The standard InChI is InChI=1S/C12H10BrFN2OS/c1-7-15-6-11(18-7)12(17)16-5-8-4-9(13)2-3-10(8)14/h2-4,6H,5H2,1H3,(H,16,17). The van der Waals surface area contributed by atoms with E-state index in [1.165, 1.54) is 23.6 Å². The maximum Gasteiger partial charge on any atom is 0.263 e. The van der Waals surface area contributed by atoms with E-state index in [0.29, 0.717) is 10.4 Å². The zero-order chi connectivity index (χ0) is 13.1. The van der Waals surface area contributed by atoms with Crippen LogP contribution >= 0.6 is 27.3 Å². The lowest BCUT2D eigenvalue weighted by molar-refractivity contribution is 0.0954. The summed E-state index contributed by atoms with van der Waals surface area (Å²) in [4.78, 5) is 16.3. The molecule has 94 valence electrons. The molecule has 0 saturated carbocycles. The van der Waals surface area contributed by atoms with Gasteiger partial charge >= 0.3 is 0 Å². The van der Waals surface area contributed by atoms with Gasteiger partial charge in [0, 0.05) is 16.6 Å². The maximum atomic E-state index is 13.4. The molecule has 0 unspecified atom stereocenters. The van der Waals surface area contributed by atoms with Crippen molar-refractivity contribution in [1.82, 2.24) is 10.3 Å². The molecule has 0 aliphatic rings. The fourth-order valence-corrected chi connectivity index (χ4v) is 2.51. The Kier molecular flexibility index (Phi) is 4.08. The number of nitrogens with one attached hydrogen (secondary N) is 1. The van der Waals surface area contributed by atoms with E-state index in [0.717, 1.165) is 9.48 Å². The Morgan fingerprint density at radius 3 is 3.00 bits per heavy atom. The first kappa shape index (κ1) is 13.2. The Balaban J connectivity index is 2.03. The van der Waals surface area contributed by atoms with Gasteiger partial charge in [-0.1, -0.05) is 15.9 Å². The molecular weight excluding hydrogens is 319 g/mol. The lowest BCUT2D eigenvalue weighted by Crippen LogP contribution is -2.22. The molecule has 0 spiro atoms. The Bertz CT molecular complexity index is 585. The van der Waals surface area contributed by atoms with E-state index in [1.807, 2.05) is 6.92 Å². The quantitative estimate of drug-likeness (QED) is 0.939. The summed E-state index contributed by atoms with van der Waals surface area (Å²) in [6.45, 7) is 1.98. The maximum absolute atomic E-state index is 13.4. The molecule has 1 heterocycles. The molecule has 2 aromatic rings. The Morgan fingerprint density at radius 2 is 2.33 bits per heavy atom. The number of aryl methyl sites for hydroxylation is 1. The molecule has 0 aliphatic heterocycles. The minimum absolute atomic E-state index is 0.154. The molecule has 1 aromatic heterocycles. The predicted octanol–water partition coefficient (Wildman–Crippen LogP) is 3.28. The number of carbonyl (C=O) groups is 1. The van der Waals surface area contributed by atoms with E-state index >= 15 is 0 Å². The van der Waals surface area contributed by atoms with E-state index in [9.17, 15) is 9.18 Å². The molecule has 0 aliphatic carbocycles. The van der Waals surface area contributed by atoms with Crippen LogP contribution < -0.4 is 5.32 Å². The van der Waals surface area contributed by atoms with Crippen LogP contribution in [-0.4, -0.2) is 10.9 Å². The molecule has 18 heavy (non-hydrogen) atoms. The molecule has 2 rings (SSSR count). The number of hydrogen-bond donors (Lipinski definition) is 1. The highest BCUT2D eigenvalue weighted by Gasteiger charge is 2.10. The van der Waals surface area contributed by atoms with Crippen LogP contribution in [0.3, 0.4) is 0 Å². The molecule has 1 N–H and O–H groups in total. The molecule has 3 nitrogen and oxygen atoms in total. The minimum Gasteiger partial charge on any atom is -0.347 e. The van der Waals surface area contributed by atoms with E-state index < -0.39 is 0 Å². The SMILES string of the molecule is Cc1ncc(C(=O)NCc2cc(Br)ccc2F)s1. The number of amides is 1. The van der Waals surface area contributed by atoms with Crippen LogP contribution in [0.2, 0.25) is 0 Å². The van der Waals surface area contributed by atoms with E-state index in [1.54, 1.807) is 12.1 Å². The van der Waals surface area contributed by atoms with Crippen molar-refractivity contribution in [2.24, 2.45) is 0 Å². The number of nitrogens with zero attached hydrogens (tertiary/aromatic N) is 1. The second-order valence-corrected chi connectivity index (χ2v) is 5.81. The highest BCUT2D eigenvalue weighted by atomic mass is 79.9. The van der Waals surface area contributed by atoms with E-state index in [2.05, 4.69) is 26.2 Å². The number of carbonyl (C=O) groups excluding carboxylic acids is 1. The van der Waals surface area contributed by atoms with Gasteiger partial charge in [-0.2, -0.15) is 0 Å². The van der Waals surface area contributed by atoms with Crippen molar-refractivity contribution < 1.29 is 9.18 Å². The van der Waals surface area contributed by atoms with Gasteiger partial charge in [-0.25, -0.2) is 9.37 Å². The molecular formula is C12H10BrFN2OS. The summed E-state index contributed by atoms with van der Waals surface area (Å²) in [5.74, 6) is -0.570. The zero-order valence-electron chi connectivity index (χ0n) is 9.54. The Morgan fingerprint density at radius 1 is 1.56 bits per heavy atom. The second-order valence-electron chi connectivity index (χ2n) is 3.66. The summed E-state index contributed by atoms with van der Waals surface area (Å²) in [6, 6.07) is 4.63. The van der Waals surface area contributed by atoms with Crippen molar-refractivity contribution >= 4 is 33.2 Å². The third-order valence-electron chi connectivity index (χ3n) is 2.29. The molecule has 0 atom stereocenters. The van der Waals surface area contributed by atoms with E-state index in [4.69, 9.17) is 0 Å². The highest BCUT2D eigenvalue weighted by Crippen LogP contribution is 2.16. The number of benzene rings is 1. The molecule has 0 radical (unpaired) electrons. The number of aromatic nitrogens is 1. The lowest BCUT2D eigenvalue weighted by Gasteiger charge is -2.05. The van der Waals surface area contributed by atoms with Crippen LogP contribution in [0.25, 0.3) is 0 Å². The third-order valence-corrected chi connectivity index (χ3v) is 3.70. The summed E-state index contributed by atoms with van der Waals surface area (Å²) >= 11 is 4.58. The van der Waals surface area contributed by atoms with Gasteiger partial charge in [-0.3, -0.25) is 4.79 Å². The van der Waals surface area contributed by atoms with Crippen molar-refractivity contribution in [2.75, 3.05) is 0 Å². The number of thiazole rings is 1. The summed E-state index contributed by atoms with van der Waals surface area (Å²) in [5.41, 5.74) is 0.443. The van der Waals surface area contributed by atoms with Crippen LogP contribution in [-0.2, 0) is 6.54 Å². The van der Waals surface area contributed by atoms with Gasteiger partial charge in [0.1, 0.15) is 10.7 Å². The van der Waals surface area contributed by atoms with Gasteiger partial charge in [0.05, 0.1) is 11.2 Å². The van der Waals surface area contributed by atoms with Crippen molar-refractivity contribution in [3.63, 3.8) is 0 Å². The number of hydrogen-bond acceptors (Lipinski definition) is 3. The third kappa shape index (κ3) is 3.14. The first-order valence-corrected chi connectivity index (χ1v) is 6.82. The van der Waals surface area contributed by atoms with E-state index in [-0.39, 0.29) is 18.3 Å². The largest absolute Gasteiger partial charge is 0.347 e. The van der Waals surface area contributed by atoms with Crippen molar-refractivity contribution in [1.29, 1.82) is 0 Å². The lowest BCUT2D eigenvalue weighted by atomic mass is 10.2. The topological polar surface area (TPSA) is 42.0 Å². The molecule has 0 bridgehead atoms. The first-order chi connectivity index (χ1) is 8.56. The van der Waals surface area contributed by atoms with Crippen LogP contribution in [0, 0.1) is 12.7 Å².